The summed E-state index contributed by atoms with van der Waals surface area (Å²) in [6, 6.07) is 8.76. The van der Waals surface area contributed by atoms with Crippen LogP contribution < -0.4 is 10.1 Å². The largest absolute Gasteiger partial charge is 0.497 e. The standard InChI is InChI=1S/C18H23N3O4/c1-21-15(11-6-8-12(25-2)9-7-11)10-14(20-21)18(24)19-13-4-3-5-16(22)17(13)23/h6-10,13,16-17,22-23H,3-5H2,1-2H3,(H,19,24)/t13-,16-,17-/m1/s1. The maximum Gasteiger partial charge on any atom is 0.272 e. The number of carbonyl (C=O) groups excluding carboxylic acids is 1. The molecular weight excluding hydrogens is 322 g/mol. The number of nitrogens with zero attached hydrogens (tertiary/aromatic N) is 2. The van der Waals surface area contributed by atoms with E-state index in [4.69, 9.17) is 4.74 Å². The number of nitrogens with one attached hydrogen (secondary N) is 1. The van der Waals surface area contributed by atoms with E-state index in [9.17, 15) is 15.0 Å². The number of carbonyl (C=O) groups is 1. The Labute approximate surface area is 146 Å². The van der Waals surface area contributed by atoms with Crippen molar-refractivity contribution in [3.05, 3.63) is 36.0 Å². The van der Waals surface area contributed by atoms with Crippen LogP contribution in [0.3, 0.4) is 0 Å². The van der Waals surface area contributed by atoms with Gasteiger partial charge in [-0.15, -0.1) is 0 Å². The first-order chi connectivity index (χ1) is 12.0. The topological polar surface area (TPSA) is 96.6 Å². The summed E-state index contributed by atoms with van der Waals surface area (Å²) in [7, 11) is 3.38. The molecule has 2 aromatic rings. The van der Waals surface area contributed by atoms with E-state index in [1.165, 1.54) is 0 Å². The molecule has 0 unspecified atom stereocenters. The first-order valence-electron chi connectivity index (χ1n) is 8.35. The molecule has 3 rings (SSSR count). The first kappa shape index (κ1) is 17.4. The van der Waals surface area contributed by atoms with Gasteiger partial charge in [0.15, 0.2) is 5.69 Å². The second-order valence-corrected chi connectivity index (χ2v) is 6.34. The lowest BCUT2D eigenvalue weighted by atomic mass is 9.90. The van der Waals surface area contributed by atoms with Crippen LogP contribution in [0.5, 0.6) is 5.75 Å². The van der Waals surface area contributed by atoms with Crippen LogP contribution >= 0.6 is 0 Å². The van der Waals surface area contributed by atoms with Crippen molar-refractivity contribution in [2.45, 2.75) is 37.5 Å². The maximum atomic E-state index is 12.5. The van der Waals surface area contributed by atoms with E-state index in [0.29, 0.717) is 12.8 Å². The maximum absolute atomic E-state index is 12.5. The third-order valence-electron chi connectivity index (χ3n) is 4.64. The van der Waals surface area contributed by atoms with Gasteiger partial charge in [-0.3, -0.25) is 9.48 Å². The molecule has 1 fully saturated rings. The average Bonchev–Trinajstić information content (AvgIpc) is 3.01. The number of aromatic nitrogens is 2. The van der Waals surface area contributed by atoms with Crippen LogP contribution in [-0.2, 0) is 7.05 Å². The molecule has 0 saturated heterocycles. The number of amides is 1. The van der Waals surface area contributed by atoms with Crippen LogP contribution in [0.25, 0.3) is 11.3 Å². The normalized spacial score (nSPS) is 23.3. The van der Waals surface area contributed by atoms with E-state index in [-0.39, 0.29) is 11.6 Å². The van der Waals surface area contributed by atoms with Gasteiger partial charge in [-0.05, 0) is 49.6 Å². The van der Waals surface area contributed by atoms with Crippen molar-refractivity contribution in [3.63, 3.8) is 0 Å². The minimum atomic E-state index is -0.942. The molecule has 0 spiro atoms. The Bertz CT molecular complexity index is 741. The monoisotopic (exact) mass is 345 g/mol. The van der Waals surface area contributed by atoms with Gasteiger partial charge in [0.05, 0.1) is 31.1 Å². The summed E-state index contributed by atoms with van der Waals surface area (Å²) in [4.78, 5) is 12.5. The van der Waals surface area contributed by atoms with Crippen molar-refractivity contribution in [1.29, 1.82) is 0 Å². The van der Waals surface area contributed by atoms with E-state index in [1.54, 1.807) is 24.9 Å². The van der Waals surface area contributed by atoms with Crippen molar-refractivity contribution in [2.75, 3.05) is 7.11 Å². The van der Waals surface area contributed by atoms with Gasteiger partial charge in [-0.1, -0.05) is 0 Å². The third kappa shape index (κ3) is 3.67. The van der Waals surface area contributed by atoms with Gasteiger partial charge < -0.3 is 20.3 Å². The summed E-state index contributed by atoms with van der Waals surface area (Å²) in [5, 5.41) is 26.8. The van der Waals surface area contributed by atoms with Crippen molar-refractivity contribution >= 4 is 5.91 Å². The number of aryl methyl sites for hydroxylation is 1. The fourth-order valence-electron chi connectivity index (χ4n) is 3.17. The molecule has 1 aliphatic carbocycles. The van der Waals surface area contributed by atoms with Crippen molar-refractivity contribution in [1.82, 2.24) is 15.1 Å². The van der Waals surface area contributed by atoms with Gasteiger partial charge in [0.25, 0.3) is 5.91 Å². The van der Waals surface area contributed by atoms with Gasteiger partial charge in [0.1, 0.15) is 5.75 Å². The number of hydrogen-bond donors (Lipinski definition) is 3. The molecule has 0 bridgehead atoms. The molecule has 0 radical (unpaired) electrons. The van der Waals surface area contributed by atoms with Crippen molar-refractivity contribution in [2.24, 2.45) is 7.05 Å². The Morgan fingerprint density at radius 2 is 2.00 bits per heavy atom. The molecule has 1 aromatic heterocycles. The molecule has 3 N–H and O–H groups in total. The molecule has 1 amide bonds. The number of rotatable bonds is 4. The number of aliphatic hydroxyl groups is 2. The molecule has 134 valence electrons. The predicted octanol–water partition coefficient (Wildman–Crippen LogP) is 1.10. The fraction of sp³-hybridized carbons (Fsp3) is 0.444. The lowest BCUT2D eigenvalue weighted by Crippen LogP contribution is -2.51. The Hall–Kier alpha value is -2.38. The molecule has 1 aromatic carbocycles. The summed E-state index contributed by atoms with van der Waals surface area (Å²) in [6.07, 6.45) is 0.226. The third-order valence-corrected chi connectivity index (χ3v) is 4.64. The van der Waals surface area contributed by atoms with Crippen LogP contribution in [0.1, 0.15) is 29.8 Å². The Morgan fingerprint density at radius 3 is 2.68 bits per heavy atom. The minimum Gasteiger partial charge on any atom is -0.497 e. The number of methoxy groups -OCH3 is 1. The van der Waals surface area contributed by atoms with E-state index in [1.807, 2.05) is 24.3 Å². The van der Waals surface area contributed by atoms with Crippen LogP contribution in [0.2, 0.25) is 0 Å². The van der Waals surface area contributed by atoms with Gasteiger partial charge >= 0.3 is 0 Å². The van der Waals surface area contributed by atoms with Gasteiger partial charge in [-0.25, -0.2) is 0 Å². The van der Waals surface area contributed by atoms with Crippen LogP contribution in [0.4, 0.5) is 0 Å². The van der Waals surface area contributed by atoms with Crippen molar-refractivity contribution in [3.8, 4) is 17.0 Å². The summed E-state index contributed by atoms with van der Waals surface area (Å²) in [6.45, 7) is 0. The lowest BCUT2D eigenvalue weighted by Gasteiger charge is -2.32. The molecule has 1 saturated carbocycles. The molecular formula is C18H23N3O4. The quantitative estimate of drug-likeness (QED) is 0.771. The molecule has 25 heavy (non-hydrogen) atoms. The van der Waals surface area contributed by atoms with Gasteiger partial charge in [0, 0.05) is 12.6 Å². The molecule has 1 aliphatic rings. The summed E-state index contributed by atoms with van der Waals surface area (Å²) < 4.78 is 6.79. The number of ether oxygens (including phenoxy) is 1. The molecule has 7 nitrogen and oxygen atoms in total. The Morgan fingerprint density at radius 1 is 1.28 bits per heavy atom. The van der Waals surface area contributed by atoms with Crippen LogP contribution in [-0.4, -0.2) is 51.3 Å². The zero-order chi connectivity index (χ0) is 18.0. The highest BCUT2D eigenvalue weighted by atomic mass is 16.5. The highest BCUT2D eigenvalue weighted by Crippen LogP contribution is 2.23. The van der Waals surface area contributed by atoms with Gasteiger partial charge in [0.2, 0.25) is 0 Å². The highest BCUT2D eigenvalue weighted by Gasteiger charge is 2.32. The highest BCUT2D eigenvalue weighted by molar-refractivity contribution is 5.93. The van der Waals surface area contributed by atoms with Crippen LogP contribution in [0.15, 0.2) is 30.3 Å². The van der Waals surface area contributed by atoms with E-state index >= 15 is 0 Å². The molecule has 1 heterocycles. The number of benzene rings is 1. The van der Waals surface area contributed by atoms with E-state index in [2.05, 4.69) is 10.4 Å². The van der Waals surface area contributed by atoms with Crippen LogP contribution in [0, 0.1) is 0 Å². The minimum absolute atomic E-state index is 0.278. The Balaban J connectivity index is 1.75. The SMILES string of the molecule is COc1ccc(-c2cc(C(=O)N[C@@H]3CCC[C@@H](O)[C@@H]3O)nn2C)cc1. The summed E-state index contributed by atoms with van der Waals surface area (Å²) >= 11 is 0. The van der Waals surface area contributed by atoms with Gasteiger partial charge in [-0.2, -0.15) is 5.10 Å². The first-order valence-corrected chi connectivity index (χ1v) is 8.35. The summed E-state index contributed by atoms with van der Waals surface area (Å²) in [5.74, 6) is 0.405. The zero-order valence-electron chi connectivity index (χ0n) is 14.3. The van der Waals surface area contributed by atoms with E-state index in [0.717, 1.165) is 23.4 Å². The lowest BCUT2D eigenvalue weighted by molar-refractivity contribution is -0.0278. The molecule has 3 atom stereocenters. The molecule has 7 heteroatoms. The Kier molecular flexibility index (Phi) is 5.06. The fourth-order valence-corrected chi connectivity index (χ4v) is 3.17. The number of hydrogen-bond acceptors (Lipinski definition) is 5. The zero-order valence-corrected chi connectivity index (χ0v) is 14.3. The predicted molar refractivity (Wildman–Crippen MR) is 92.3 cm³/mol. The average molecular weight is 345 g/mol. The second-order valence-electron chi connectivity index (χ2n) is 6.34. The van der Waals surface area contributed by atoms with E-state index < -0.39 is 18.2 Å². The smallest absolute Gasteiger partial charge is 0.272 e. The summed E-state index contributed by atoms with van der Waals surface area (Å²) in [5.41, 5.74) is 2.00. The second kappa shape index (κ2) is 7.25. The number of aliphatic hydroxyl groups excluding tert-OH is 2. The molecule has 0 aliphatic heterocycles. The van der Waals surface area contributed by atoms with Crippen molar-refractivity contribution < 1.29 is 19.7 Å².